The third-order valence-electron chi connectivity index (χ3n) is 5.98. The topological polar surface area (TPSA) is 89.8 Å². The first-order chi connectivity index (χ1) is 18.5. The summed E-state index contributed by atoms with van der Waals surface area (Å²) in [5.74, 6) is 0.103. The Labute approximate surface area is 225 Å². The Balaban J connectivity index is 1.57. The predicted octanol–water partition coefficient (Wildman–Crippen LogP) is 5.35. The lowest BCUT2D eigenvalue weighted by atomic mass is 10.1. The Bertz CT molecular complexity index is 1390. The van der Waals surface area contributed by atoms with Crippen molar-refractivity contribution >= 4 is 17.7 Å². The summed E-state index contributed by atoms with van der Waals surface area (Å²) in [5, 5.41) is 3.47. The fourth-order valence-corrected chi connectivity index (χ4v) is 4.82. The van der Waals surface area contributed by atoms with Gasteiger partial charge in [0.2, 0.25) is 0 Å². The maximum atomic E-state index is 13.3. The summed E-state index contributed by atoms with van der Waals surface area (Å²) in [6.07, 6.45) is 11.3. The van der Waals surface area contributed by atoms with E-state index in [4.69, 9.17) is 0 Å². The molecule has 2 aromatic carbocycles. The van der Waals surface area contributed by atoms with E-state index in [-0.39, 0.29) is 17.3 Å². The van der Waals surface area contributed by atoms with Gasteiger partial charge in [-0.25, -0.2) is 14.4 Å². The van der Waals surface area contributed by atoms with Gasteiger partial charge in [0.25, 0.3) is 11.5 Å². The zero-order valence-electron chi connectivity index (χ0n) is 21.3. The number of nitrogens with zero attached hydrogens (tertiary/aromatic N) is 4. The summed E-state index contributed by atoms with van der Waals surface area (Å²) < 4.78 is 15.2. The van der Waals surface area contributed by atoms with Gasteiger partial charge in [0, 0.05) is 54.1 Å². The van der Waals surface area contributed by atoms with E-state index < -0.39 is 0 Å². The molecule has 196 valence electrons. The molecule has 4 aromatic rings. The minimum atomic E-state index is -0.328. The Kier molecular flexibility index (Phi) is 9.75. The number of benzene rings is 2. The van der Waals surface area contributed by atoms with Crippen molar-refractivity contribution in [1.29, 1.82) is 0 Å². The standard InChI is InChI=1S/C29H30FN5O2S/c1-2-3-4-5-14-33-27(36)23-8-12-26(13-9-23)35-18-24(15-22-16-31-20-32-17-22)28(37)34-29(35)38-19-21-6-10-25(30)11-7-21/h6-13,16-18,20H,2-5,14-15,19H2,1H3,(H,33,36). The summed E-state index contributed by atoms with van der Waals surface area (Å²) in [7, 11) is 0. The van der Waals surface area contributed by atoms with Crippen molar-refractivity contribution < 1.29 is 9.18 Å². The SMILES string of the molecule is CCCCCCNC(=O)c1ccc(-n2cc(Cc3cncnc3)c(=O)nc2SCc2ccc(F)cc2)cc1. The van der Waals surface area contributed by atoms with E-state index in [0.717, 1.165) is 36.1 Å². The maximum absolute atomic E-state index is 13.3. The molecule has 0 bridgehead atoms. The quantitative estimate of drug-likeness (QED) is 0.151. The number of hydrogen-bond acceptors (Lipinski definition) is 6. The largest absolute Gasteiger partial charge is 0.352 e. The Morgan fingerprint density at radius 1 is 0.974 bits per heavy atom. The monoisotopic (exact) mass is 531 g/mol. The van der Waals surface area contributed by atoms with Crippen LogP contribution in [0, 0.1) is 5.82 Å². The maximum Gasteiger partial charge on any atom is 0.277 e. The van der Waals surface area contributed by atoms with Crippen molar-refractivity contribution in [2.75, 3.05) is 6.54 Å². The molecular weight excluding hydrogens is 501 g/mol. The average Bonchev–Trinajstić information content (AvgIpc) is 2.94. The number of unbranched alkanes of at least 4 members (excludes halogenated alkanes) is 3. The smallest absolute Gasteiger partial charge is 0.277 e. The zero-order chi connectivity index (χ0) is 26.7. The normalized spacial score (nSPS) is 10.9. The number of carbonyl (C=O) groups excluding carboxylic acids is 1. The lowest BCUT2D eigenvalue weighted by Gasteiger charge is -2.15. The van der Waals surface area contributed by atoms with Crippen molar-refractivity contribution in [3.8, 4) is 5.69 Å². The van der Waals surface area contributed by atoms with Crippen molar-refractivity contribution in [2.45, 2.75) is 49.9 Å². The molecule has 0 saturated heterocycles. The minimum absolute atomic E-state index is 0.109. The fourth-order valence-electron chi connectivity index (χ4n) is 3.89. The molecule has 0 aliphatic rings. The molecule has 0 atom stereocenters. The van der Waals surface area contributed by atoms with Gasteiger partial charge in [-0.1, -0.05) is 50.1 Å². The first-order valence-electron chi connectivity index (χ1n) is 12.7. The van der Waals surface area contributed by atoms with Gasteiger partial charge in [0.1, 0.15) is 12.1 Å². The second-order valence-corrected chi connectivity index (χ2v) is 9.87. The highest BCUT2D eigenvalue weighted by Crippen LogP contribution is 2.24. The Morgan fingerprint density at radius 3 is 2.42 bits per heavy atom. The molecule has 9 heteroatoms. The number of rotatable bonds is 12. The van der Waals surface area contributed by atoms with Crippen molar-refractivity contribution in [3.63, 3.8) is 0 Å². The molecule has 0 aliphatic carbocycles. The highest BCUT2D eigenvalue weighted by Gasteiger charge is 2.13. The zero-order valence-corrected chi connectivity index (χ0v) is 22.1. The number of halogens is 1. The first-order valence-corrected chi connectivity index (χ1v) is 13.6. The van der Waals surface area contributed by atoms with Crippen LogP contribution in [0.1, 0.15) is 59.7 Å². The van der Waals surface area contributed by atoms with E-state index in [1.807, 2.05) is 16.7 Å². The van der Waals surface area contributed by atoms with Crippen molar-refractivity contribution in [2.24, 2.45) is 0 Å². The Hall–Kier alpha value is -3.85. The molecular formula is C29H30FN5O2S. The Morgan fingerprint density at radius 2 is 1.71 bits per heavy atom. The van der Waals surface area contributed by atoms with Crippen LogP contribution in [0.2, 0.25) is 0 Å². The third-order valence-corrected chi connectivity index (χ3v) is 7.00. The van der Waals surface area contributed by atoms with Gasteiger partial charge in [0.05, 0.1) is 0 Å². The summed E-state index contributed by atoms with van der Waals surface area (Å²) >= 11 is 1.38. The molecule has 38 heavy (non-hydrogen) atoms. The van der Waals surface area contributed by atoms with Crippen LogP contribution in [0.5, 0.6) is 0 Å². The van der Waals surface area contributed by atoms with Gasteiger partial charge >= 0.3 is 0 Å². The van der Waals surface area contributed by atoms with E-state index in [0.29, 0.717) is 35.0 Å². The number of hydrogen-bond donors (Lipinski definition) is 1. The van der Waals surface area contributed by atoms with Gasteiger partial charge in [-0.15, -0.1) is 0 Å². The van der Waals surface area contributed by atoms with Crippen LogP contribution < -0.4 is 10.9 Å². The van der Waals surface area contributed by atoms with Crippen molar-refractivity contribution in [1.82, 2.24) is 24.8 Å². The molecule has 7 nitrogen and oxygen atoms in total. The number of carbonyl (C=O) groups is 1. The van der Waals surface area contributed by atoms with Gasteiger partial charge in [-0.2, -0.15) is 4.98 Å². The number of nitrogens with one attached hydrogen (secondary N) is 1. The number of thioether (sulfide) groups is 1. The van der Waals surface area contributed by atoms with E-state index in [2.05, 4.69) is 27.2 Å². The highest BCUT2D eigenvalue weighted by atomic mass is 32.2. The van der Waals surface area contributed by atoms with Crippen LogP contribution >= 0.6 is 11.8 Å². The second kappa shape index (κ2) is 13.6. The number of aromatic nitrogens is 4. The molecule has 0 aliphatic heterocycles. The van der Waals surface area contributed by atoms with Gasteiger partial charge in [0.15, 0.2) is 5.16 Å². The lowest BCUT2D eigenvalue weighted by molar-refractivity contribution is 0.0953. The van der Waals surface area contributed by atoms with Gasteiger partial charge in [-0.05, 0) is 53.9 Å². The molecule has 1 amide bonds. The third kappa shape index (κ3) is 7.58. The predicted molar refractivity (Wildman–Crippen MR) is 147 cm³/mol. The molecule has 0 radical (unpaired) electrons. The van der Waals surface area contributed by atoms with Crippen LogP contribution in [0.15, 0.2) is 83.4 Å². The van der Waals surface area contributed by atoms with Crippen LogP contribution in [-0.2, 0) is 12.2 Å². The molecule has 2 heterocycles. The molecule has 0 spiro atoms. The summed E-state index contributed by atoms with van der Waals surface area (Å²) in [6, 6.07) is 13.5. The van der Waals surface area contributed by atoms with E-state index >= 15 is 0 Å². The minimum Gasteiger partial charge on any atom is -0.352 e. The summed E-state index contributed by atoms with van der Waals surface area (Å²) in [5.41, 5.74) is 3.22. The molecule has 0 fully saturated rings. The highest BCUT2D eigenvalue weighted by molar-refractivity contribution is 7.98. The van der Waals surface area contributed by atoms with Crippen LogP contribution in [0.25, 0.3) is 5.69 Å². The summed E-state index contributed by atoms with van der Waals surface area (Å²) in [4.78, 5) is 37.9. The van der Waals surface area contributed by atoms with Crippen LogP contribution in [0.4, 0.5) is 4.39 Å². The van der Waals surface area contributed by atoms with Crippen molar-refractivity contribution in [3.05, 3.63) is 112 Å². The lowest BCUT2D eigenvalue weighted by Crippen LogP contribution is -2.24. The summed E-state index contributed by atoms with van der Waals surface area (Å²) in [6.45, 7) is 2.81. The van der Waals surface area contributed by atoms with E-state index in [1.54, 1.807) is 42.9 Å². The molecule has 0 saturated carbocycles. The van der Waals surface area contributed by atoms with Gasteiger partial charge in [-0.3, -0.25) is 14.2 Å². The molecule has 1 N–H and O–H groups in total. The van der Waals surface area contributed by atoms with Gasteiger partial charge < -0.3 is 5.32 Å². The fraction of sp³-hybridized carbons (Fsp3) is 0.276. The van der Waals surface area contributed by atoms with E-state index in [9.17, 15) is 14.0 Å². The average molecular weight is 532 g/mol. The number of amides is 1. The van der Waals surface area contributed by atoms with Crippen LogP contribution in [-0.4, -0.2) is 32.0 Å². The molecule has 4 rings (SSSR count). The molecule has 0 unspecified atom stereocenters. The van der Waals surface area contributed by atoms with E-state index in [1.165, 1.54) is 36.6 Å². The second-order valence-electron chi connectivity index (χ2n) is 8.93. The molecule has 2 aromatic heterocycles. The van der Waals surface area contributed by atoms with Crippen LogP contribution in [0.3, 0.4) is 0 Å². The first kappa shape index (κ1) is 27.2.